The summed E-state index contributed by atoms with van der Waals surface area (Å²) in [6, 6.07) is 13.5. The molecule has 0 aliphatic carbocycles. The van der Waals surface area contributed by atoms with Crippen LogP contribution in [0.5, 0.6) is 0 Å². The summed E-state index contributed by atoms with van der Waals surface area (Å²) < 4.78 is 0. The number of likely N-dealkylation sites (tertiary alicyclic amines) is 1. The van der Waals surface area contributed by atoms with E-state index in [1.807, 2.05) is 38.1 Å². The van der Waals surface area contributed by atoms with Gasteiger partial charge in [-0.3, -0.25) is 9.59 Å². The van der Waals surface area contributed by atoms with Crippen LogP contribution >= 0.6 is 0 Å². The van der Waals surface area contributed by atoms with Gasteiger partial charge in [0.05, 0.1) is 0 Å². The number of para-hydroxylation sites is 1. The molecule has 186 valence electrons. The standard InChI is InChI=1S/C27H34N4O4/c1-18(17-20(3)32)10-15-25(33)31-16-6-9-24(31)26(34)28-21-11-13-22(14-12-21)29-27(35)30-23-8-5-4-7-19(23)2/h4-5,7-8,11-14,18,24H,6,9-10,15-17H2,1-3H3,(H,28,34)(H2,29,30,35)/t18-,24+/m1/s1. The number of carbonyl (C=O) groups is 4. The summed E-state index contributed by atoms with van der Waals surface area (Å²) in [5.74, 6) is 0.0108. The fourth-order valence-electron chi connectivity index (χ4n) is 4.30. The molecule has 2 aromatic carbocycles. The first kappa shape index (κ1) is 25.9. The van der Waals surface area contributed by atoms with Gasteiger partial charge in [0.1, 0.15) is 11.8 Å². The molecule has 4 amide bonds. The Morgan fingerprint density at radius 1 is 0.971 bits per heavy atom. The quantitative estimate of drug-likeness (QED) is 0.473. The Balaban J connectivity index is 1.50. The molecule has 0 saturated carbocycles. The third kappa shape index (κ3) is 7.67. The molecule has 0 unspecified atom stereocenters. The third-order valence-electron chi connectivity index (χ3n) is 6.17. The van der Waals surface area contributed by atoms with Gasteiger partial charge < -0.3 is 25.6 Å². The molecule has 0 bridgehead atoms. The summed E-state index contributed by atoms with van der Waals surface area (Å²) in [5, 5.41) is 8.47. The number of carbonyl (C=O) groups excluding carboxylic acids is 4. The normalized spacial score (nSPS) is 15.9. The van der Waals surface area contributed by atoms with Gasteiger partial charge in [-0.2, -0.15) is 0 Å². The van der Waals surface area contributed by atoms with Crippen molar-refractivity contribution in [1.82, 2.24) is 4.90 Å². The molecule has 1 aliphatic rings. The molecule has 35 heavy (non-hydrogen) atoms. The number of aryl methyl sites for hydroxylation is 1. The fourth-order valence-corrected chi connectivity index (χ4v) is 4.30. The minimum Gasteiger partial charge on any atom is -0.331 e. The van der Waals surface area contributed by atoms with Gasteiger partial charge in [0.25, 0.3) is 0 Å². The average Bonchev–Trinajstić information content (AvgIpc) is 3.30. The van der Waals surface area contributed by atoms with Crippen molar-refractivity contribution < 1.29 is 19.2 Å². The van der Waals surface area contributed by atoms with E-state index in [9.17, 15) is 19.2 Å². The lowest BCUT2D eigenvalue weighted by atomic mass is 9.99. The van der Waals surface area contributed by atoms with E-state index < -0.39 is 6.04 Å². The molecule has 8 heteroatoms. The molecule has 3 rings (SSSR count). The van der Waals surface area contributed by atoms with Gasteiger partial charge in [-0.15, -0.1) is 0 Å². The van der Waals surface area contributed by atoms with Crippen molar-refractivity contribution in [3.63, 3.8) is 0 Å². The second kappa shape index (κ2) is 12.1. The second-order valence-corrected chi connectivity index (χ2v) is 9.26. The van der Waals surface area contributed by atoms with E-state index >= 15 is 0 Å². The number of ketones is 1. The van der Waals surface area contributed by atoms with Crippen molar-refractivity contribution in [3.05, 3.63) is 54.1 Å². The van der Waals surface area contributed by atoms with Gasteiger partial charge in [-0.1, -0.05) is 25.1 Å². The maximum atomic E-state index is 12.9. The van der Waals surface area contributed by atoms with Crippen molar-refractivity contribution in [2.75, 3.05) is 22.5 Å². The second-order valence-electron chi connectivity index (χ2n) is 9.26. The molecule has 0 aromatic heterocycles. The van der Waals surface area contributed by atoms with Crippen LogP contribution in [0.25, 0.3) is 0 Å². The SMILES string of the molecule is CC(=O)C[C@H](C)CCC(=O)N1CCC[C@H]1C(=O)Nc1ccc(NC(=O)Nc2ccccc2C)cc1. The fraction of sp³-hybridized carbons (Fsp3) is 0.407. The van der Waals surface area contributed by atoms with E-state index in [4.69, 9.17) is 0 Å². The highest BCUT2D eigenvalue weighted by atomic mass is 16.2. The number of nitrogens with zero attached hydrogens (tertiary/aromatic N) is 1. The first-order valence-electron chi connectivity index (χ1n) is 12.1. The minimum absolute atomic E-state index is 0.0442. The molecule has 1 fully saturated rings. The summed E-state index contributed by atoms with van der Waals surface area (Å²) in [6.07, 6.45) is 2.85. The number of nitrogens with one attached hydrogen (secondary N) is 3. The average molecular weight is 479 g/mol. The minimum atomic E-state index is -0.497. The van der Waals surface area contributed by atoms with Gasteiger partial charge in [-0.05, 0) is 74.9 Å². The smallest absolute Gasteiger partial charge is 0.323 e. The van der Waals surface area contributed by atoms with Crippen molar-refractivity contribution >= 4 is 40.7 Å². The van der Waals surface area contributed by atoms with Crippen LogP contribution in [-0.2, 0) is 14.4 Å². The van der Waals surface area contributed by atoms with Gasteiger partial charge in [0.15, 0.2) is 0 Å². The number of anilines is 3. The molecule has 0 radical (unpaired) electrons. The summed E-state index contributed by atoms with van der Waals surface area (Å²) in [7, 11) is 0. The molecule has 8 nitrogen and oxygen atoms in total. The van der Waals surface area contributed by atoms with Crippen LogP contribution in [0.1, 0.15) is 51.5 Å². The van der Waals surface area contributed by atoms with Crippen LogP contribution in [0.15, 0.2) is 48.5 Å². The molecular weight excluding hydrogens is 444 g/mol. The molecular formula is C27H34N4O4. The van der Waals surface area contributed by atoms with E-state index in [1.165, 1.54) is 0 Å². The number of hydrogen-bond donors (Lipinski definition) is 3. The molecule has 1 saturated heterocycles. The van der Waals surface area contributed by atoms with Gasteiger partial charge in [-0.25, -0.2) is 4.79 Å². The largest absolute Gasteiger partial charge is 0.331 e. The molecule has 1 aliphatic heterocycles. The van der Waals surface area contributed by atoms with E-state index in [2.05, 4.69) is 16.0 Å². The number of benzene rings is 2. The van der Waals surface area contributed by atoms with Crippen LogP contribution in [0.4, 0.5) is 21.9 Å². The first-order chi connectivity index (χ1) is 16.7. The number of hydrogen-bond acceptors (Lipinski definition) is 4. The van der Waals surface area contributed by atoms with Crippen LogP contribution in [0, 0.1) is 12.8 Å². The molecule has 0 spiro atoms. The maximum absolute atomic E-state index is 12.9. The number of rotatable bonds is 9. The zero-order chi connectivity index (χ0) is 25.4. The topological polar surface area (TPSA) is 108 Å². The van der Waals surface area contributed by atoms with Crippen LogP contribution in [0.2, 0.25) is 0 Å². The van der Waals surface area contributed by atoms with E-state index in [0.29, 0.717) is 43.6 Å². The Kier molecular flexibility index (Phi) is 9.00. The lowest BCUT2D eigenvalue weighted by molar-refractivity contribution is -0.137. The number of urea groups is 1. The third-order valence-corrected chi connectivity index (χ3v) is 6.17. The summed E-state index contributed by atoms with van der Waals surface area (Å²) >= 11 is 0. The number of Topliss-reactive ketones (excluding diaryl/α,β-unsaturated/α-hetero) is 1. The van der Waals surface area contributed by atoms with E-state index in [0.717, 1.165) is 17.7 Å². The zero-order valence-corrected chi connectivity index (χ0v) is 20.6. The van der Waals surface area contributed by atoms with Gasteiger partial charge in [0, 0.05) is 36.4 Å². The molecule has 2 aromatic rings. The van der Waals surface area contributed by atoms with Crippen LogP contribution in [-0.4, -0.2) is 41.1 Å². The Hall–Kier alpha value is -3.68. The molecule has 2 atom stereocenters. The maximum Gasteiger partial charge on any atom is 0.323 e. The predicted octanol–water partition coefficient (Wildman–Crippen LogP) is 4.96. The van der Waals surface area contributed by atoms with E-state index in [-0.39, 0.29) is 29.5 Å². The number of amides is 4. The molecule has 1 heterocycles. The Labute approximate surface area is 206 Å². The Morgan fingerprint density at radius 2 is 1.63 bits per heavy atom. The first-order valence-corrected chi connectivity index (χ1v) is 12.1. The van der Waals surface area contributed by atoms with E-state index in [1.54, 1.807) is 36.1 Å². The van der Waals surface area contributed by atoms with Crippen LogP contribution < -0.4 is 16.0 Å². The van der Waals surface area contributed by atoms with Crippen molar-refractivity contribution in [1.29, 1.82) is 0 Å². The lowest BCUT2D eigenvalue weighted by Gasteiger charge is -2.24. The highest BCUT2D eigenvalue weighted by Crippen LogP contribution is 2.23. The van der Waals surface area contributed by atoms with Crippen molar-refractivity contribution in [3.8, 4) is 0 Å². The Bertz CT molecular complexity index is 1070. The highest BCUT2D eigenvalue weighted by Gasteiger charge is 2.33. The summed E-state index contributed by atoms with van der Waals surface area (Å²) in [4.78, 5) is 50.8. The van der Waals surface area contributed by atoms with Gasteiger partial charge in [0.2, 0.25) is 11.8 Å². The van der Waals surface area contributed by atoms with Crippen molar-refractivity contribution in [2.24, 2.45) is 5.92 Å². The van der Waals surface area contributed by atoms with Crippen LogP contribution in [0.3, 0.4) is 0 Å². The Morgan fingerprint density at radius 3 is 2.29 bits per heavy atom. The summed E-state index contributed by atoms with van der Waals surface area (Å²) in [6.45, 7) is 6.01. The van der Waals surface area contributed by atoms with Gasteiger partial charge >= 0.3 is 6.03 Å². The van der Waals surface area contributed by atoms with Crippen molar-refractivity contribution in [2.45, 2.75) is 58.9 Å². The highest BCUT2D eigenvalue weighted by molar-refractivity contribution is 6.01. The molecule has 3 N–H and O–H groups in total. The summed E-state index contributed by atoms with van der Waals surface area (Å²) in [5.41, 5.74) is 2.88. The zero-order valence-electron chi connectivity index (χ0n) is 20.6. The monoisotopic (exact) mass is 478 g/mol. The predicted molar refractivity (Wildman–Crippen MR) is 137 cm³/mol. The lowest BCUT2D eigenvalue weighted by Crippen LogP contribution is -2.43.